The van der Waals surface area contributed by atoms with E-state index < -0.39 is 22.5 Å². The molecule has 6 nitrogen and oxygen atoms in total. The highest BCUT2D eigenvalue weighted by Crippen LogP contribution is 2.40. The van der Waals surface area contributed by atoms with Gasteiger partial charge in [0, 0.05) is 26.9 Å². The van der Waals surface area contributed by atoms with Gasteiger partial charge in [-0.3, -0.25) is 0 Å². The maximum absolute atomic E-state index is 14.6. The van der Waals surface area contributed by atoms with Crippen molar-refractivity contribution in [2.75, 3.05) is 0 Å². The smallest absolute Gasteiger partial charge is 0.174 e. The highest BCUT2D eigenvalue weighted by molar-refractivity contribution is 9.10. The number of hydrogen-bond donors (Lipinski definition) is 1. The van der Waals surface area contributed by atoms with E-state index in [-0.39, 0.29) is 12.1 Å². The van der Waals surface area contributed by atoms with Crippen LogP contribution in [0.2, 0.25) is 0 Å². The number of rotatable bonds is 7. The van der Waals surface area contributed by atoms with Crippen LogP contribution < -0.4 is 0 Å². The average molecular weight is 524 g/mol. The van der Waals surface area contributed by atoms with Crippen molar-refractivity contribution in [1.29, 1.82) is 0 Å². The predicted molar refractivity (Wildman–Crippen MR) is 119 cm³/mol. The van der Waals surface area contributed by atoms with Gasteiger partial charge in [-0.2, -0.15) is 9.47 Å². The quantitative estimate of drug-likeness (QED) is 0.347. The molecule has 0 saturated carbocycles. The lowest BCUT2D eigenvalue weighted by Crippen LogP contribution is -2.41. The fraction of sp³-hybridized carbons (Fsp3) is 0.200. The lowest BCUT2D eigenvalue weighted by atomic mass is 9.90. The van der Waals surface area contributed by atoms with Gasteiger partial charge in [-0.05, 0) is 36.7 Å². The molecule has 0 aliphatic heterocycles. The Hall–Kier alpha value is -2.21. The number of hydrogen-bond acceptors (Lipinski definition) is 7. The van der Waals surface area contributed by atoms with E-state index in [1.807, 2.05) is 24.3 Å². The third kappa shape index (κ3) is 4.84. The summed E-state index contributed by atoms with van der Waals surface area (Å²) in [6.07, 6.45) is 2.76. The minimum Gasteiger partial charge on any atom is -0.382 e. The second kappa shape index (κ2) is 9.11. The lowest BCUT2D eigenvalue weighted by molar-refractivity contribution is 0.0133. The van der Waals surface area contributed by atoms with E-state index in [0.717, 1.165) is 22.2 Å². The monoisotopic (exact) mass is 523 g/mol. The van der Waals surface area contributed by atoms with E-state index in [4.69, 9.17) is 0 Å². The van der Waals surface area contributed by atoms with Crippen LogP contribution in [0.4, 0.5) is 8.78 Å². The average Bonchev–Trinajstić information content (AvgIpc) is 3.40. The summed E-state index contributed by atoms with van der Waals surface area (Å²) in [7, 11) is 0. The number of benzene rings is 2. The molecule has 0 fully saturated rings. The first-order chi connectivity index (χ1) is 14.8. The summed E-state index contributed by atoms with van der Waals surface area (Å²) in [4.78, 5) is 8.43. The summed E-state index contributed by atoms with van der Waals surface area (Å²) in [5.41, 5.74) is -0.872. The van der Waals surface area contributed by atoms with Crippen molar-refractivity contribution < 1.29 is 13.9 Å². The highest BCUT2D eigenvalue weighted by Gasteiger charge is 2.40. The van der Waals surface area contributed by atoms with Crippen LogP contribution in [0.5, 0.6) is 0 Å². The van der Waals surface area contributed by atoms with Crippen molar-refractivity contribution >= 4 is 39.2 Å². The molecule has 31 heavy (non-hydrogen) atoms. The molecule has 2 heterocycles. The van der Waals surface area contributed by atoms with Gasteiger partial charge >= 0.3 is 0 Å². The SMILES string of the molecule is CC(Sc1nc(-c2ccc(Br)cc2)ns1)C(O)(Cn1cncn1)c1ccc(F)cc1F. The summed E-state index contributed by atoms with van der Waals surface area (Å²) in [6, 6.07) is 10.7. The van der Waals surface area contributed by atoms with Gasteiger partial charge in [0.25, 0.3) is 0 Å². The van der Waals surface area contributed by atoms with Gasteiger partial charge in [0.2, 0.25) is 0 Å². The Kier molecular flexibility index (Phi) is 6.47. The minimum atomic E-state index is -1.71. The number of thioether (sulfide) groups is 1. The Morgan fingerprint density at radius 1 is 1.23 bits per heavy atom. The van der Waals surface area contributed by atoms with Crippen LogP contribution in [0.25, 0.3) is 11.4 Å². The van der Waals surface area contributed by atoms with Crippen molar-refractivity contribution in [1.82, 2.24) is 24.1 Å². The van der Waals surface area contributed by atoms with E-state index in [1.54, 1.807) is 6.92 Å². The van der Waals surface area contributed by atoms with Gasteiger partial charge in [0.1, 0.15) is 29.9 Å². The van der Waals surface area contributed by atoms with Crippen molar-refractivity contribution in [3.8, 4) is 11.4 Å². The molecular formula is C20H16BrF2N5OS2. The maximum Gasteiger partial charge on any atom is 0.174 e. The van der Waals surface area contributed by atoms with E-state index >= 15 is 0 Å². The standard InChI is InChI=1S/C20H16BrF2N5OS2/c1-12(30-19-26-18(27-31-19)13-2-4-14(21)5-3-13)20(29,9-28-11-24-10-25-28)16-7-6-15(22)8-17(16)23/h2-8,10-12,29H,9H2,1H3. The molecule has 2 atom stereocenters. The molecular weight excluding hydrogens is 508 g/mol. The number of aromatic nitrogens is 5. The third-order valence-electron chi connectivity index (χ3n) is 4.73. The Labute approximate surface area is 193 Å². The molecule has 0 amide bonds. The van der Waals surface area contributed by atoms with Crippen LogP contribution in [0.3, 0.4) is 0 Å². The first kappa shape index (κ1) is 22.0. The number of aliphatic hydroxyl groups is 1. The lowest BCUT2D eigenvalue weighted by Gasteiger charge is -2.33. The molecule has 4 aromatic rings. The third-order valence-corrected chi connectivity index (χ3v) is 7.32. The second-order valence-corrected chi connectivity index (χ2v) is 10.0. The van der Waals surface area contributed by atoms with Crippen molar-refractivity contribution in [2.24, 2.45) is 0 Å². The molecule has 11 heteroatoms. The zero-order chi connectivity index (χ0) is 22.0. The molecule has 0 aliphatic rings. The molecule has 160 valence electrons. The summed E-state index contributed by atoms with van der Waals surface area (Å²) < 4.78 is 35.5. The van der Waals surface area contributed by atoms with Gasteiger partial charge in [0.05, 0.1) is 6.54 Å². The maximum atomic E-state index is 14.6. The molecule has 4 rings (SSSR count). The zero-order valence-electron chi connectivity index (χ0n) is 16.1. The van der Waals surface area contributed by atoms with Crippen molar-refractivity contribution in [2.45, 2.75) is 28.7 Å². The summed E-state index contributed by atoms with van der Waals surface area (Å²) in [5.74, 6) is -0.976. The highest BCUT2D eigenvalue weighted by atomic mass is 79.9. The van der Waals surface area contributed by atoms with E-state index in [1.165, 1.54) is 46.7 Å². The number of halogens is 3. The van der Waals surface area contributed by atoms with Crippen LogP contribution in [0.15, 0.2) is 63.9 Å². The molecule has 2 aromatic heterocycles. The van der Waals surface area contributed by atoms with Gasteiger partial charge < -0.3 is 5.11 Å². The molecule has 0 aliphatic carbocycles. The minimum absolute atomic E-state index is 0.0259. The molecule has 0 radical (unpaired) electrons. The fourth-order valence-electron chi connectivity index (χ4n) is 3.06. The topological polar surface area (TPSA) is 76.7 Å². The van der Waals surface area contributed by atoms with Crippen LogP contribution in [-0.4, -0.2) is 34.5 Å². The Bertz CT molecular complexity index is 1170. The molecule has 1 N–H and O–H groups in total. The largest absolute Gasteiger partial charge is 0.382 e. The van der Waals surface area contributed by atoms with Crippen molar-refractivity contribution in [3.05, 3.63) is 76.8 Å². The summed E-state index contributed by atoms with van der Waals surface area (Å²) in [5, 5.41) is 15.0. The van der Waals surface area contributed by atoms with E-state index in [9.17, 15) is 13.9 Å². The Balaban J connectivity index is 1.63. The normalized spacial score (nSPS) is 14.4. The van der Waals surface area contributed by atoms with Gasteiger partial charge in [0.15, 0.2) is 10.2 Å². The fourth-order valence-corrected chi connectivity index (χ4v) is 5.31. The van der Waals surface area contributed by atoms with Gasteiger partial charge in [-0.1, -0.05) is 45.9 Å². The second-order valence-electron chi connectivity index (χ2n) is 6.79. The van der Waals surface area contributed by atoms with Crippen molar-refractivity contribution in [3.63, 3.8) is 0 Å². The summed E-state index contributed by atoms with van der Waals surface area (Å²) in [6.45, 7) is 1.69. The van der Waals surface area contributed by atoms with E-state index in [0.29, 0.717) is 10.2 Å². The van der Waals surface area contributed by atoms with Gasteiger partial charge in [-0.15, -0.1) is 0 Å². The van der Waals surface area contributed by atoms with Crippen LogP contribution >= 0.6 is 39.2 Å². The first-order valence-corrected chi connectivity index (χ1v) is 11.6. The van der Waals surface area contributed by atoms with Crippen LogP contribution in [0.1, 0.15) is 12.5 Å². The first-order valence-electron chi connectivity index (χ1n) is 9.12. The molecule has 2 unspecified atom stereocenters. The van der Waals surface area contributed by atoms with Crippen LogP contribution in [0, 0.1) is 11.6 Å². The predicted octanol–water partition coefficient (Wildman–Crippen LogP) is 4.91. The molecule has 0 saturated heterocycles. The molecule has 0 spiro atoms. The molecule has 0 bridgehead atoms. The summed E-state index contributed by atoms with van der Waals surface area (Å²) >= 11 is 5.85. The zero-order valence-corrected chi connectivity index (χ0v) is 19.3. The van der Waals surface area contributed by atoms with Crippen LogP contribution in [-0.2, 0) is 12.1 Å². The Morgan fingerprint density at radius 2 is 2.00 bits per heavy atom. The van der Waals surface area contributed by atoms with E-state index in [2.05, 4.69) is 35.4 Å². The van der Waals surface area contributed by atoms with Gasteiger partial charge in [-0.25, -0.2) is 23.4 Å². The Morgan fingerprint density at radius 3 is 2.68 bits per heavy atom. The molecule has 2 aromatic carbocycles. The number of nitrogens with zero attached hydrogens (tertiary/aromatic N) is 5.